The Morgan fingerprint density at radius 3 is 2.32 bits per heavy atom. The van der Waals surface area contributed by atoms with Crippen LogP contribution < -0.4 is 15.0 Å². The number of nitrogens with one attached hydrogen (secondary N) is 1. The number of sulfonamides is 1. The Morgan fingerprint density at radius 2 is 1.71 bits per heavy atom. The molecule has 182 valence electrons. The van der Waals surface area contributed by atoms with E-state index in [9.17, 15) is 18.0 Å². The van der Waals surface area contributed by atoms with Gasteiger partial charge in [0.1, 0.15) is 11.8 Å². The van der Waals surface area contributed by atoms with Gasteiger partial charge >= 0.3 is 0 Å². The van der Waals surface area contributed by atoms with Gasteiger partial charge < -0.3 is 10.1 Å². The summed E-state index contributed by atoms with van der Waals surface area (Å²) in [5, 5.41) is 2.90. The predicted octanol–water partition coefficient (Wildman–Crippen LogP) is 2.85. The number of fused-ring (bicyclic) bond motifs is 1. The van der Waals surface area contributed by atoms with Crippen LogP contribution in [0.2, 0.25) is 0 Å². The highest BCUT2D eigenvalue weighted by molar-refractivity contribution is 7.89. The molecule has 0 bridgehead atoms. The largest absolute Gasteiger partial charge is 0.497 e. The molecular formula is C25H31N3O5S. The second-order valence-electron chi connectivity index (χ2n) is 8.78. The summed E-state index contributed by atoms with van der Waals surface area (Å²) >= 11 is 0. The molecule has 0 spiro atoms. The summed E-state index contributed by atoms with van der Waals surface area (Å²) in [7, 11) is -2.02. The van der Waals surface area contributed by atoms with Gasteiger partial charge in [-0.15, -0.1) is 0 Å². The highest BCUT2D eigenvalue weighted by Crippen LogP contribution is 2.35. The van der Waals surface area contributed by atoms with Gasteiger partial charge in [-0.25, -0.2) is 8.42 Å². The van der Waals surface area contributed by atoms with Gasteiger partial charge in [0, 0.05) is 38.7 Å². The molecule has 2 aliphatic rings. The average Bonchev–Trinajstić information content (AvgIpc) is 3.00. The van der Waals surface area contributed by atoms with Crippen molar-refractivity contribution in [2.75, 3.05) is 25.1 Å². The number of carbonyl (C=O) groups is 2. The van der Waals surface area contributed by atoms with E-state index in [-0.39, 0.29) is 23.1 Å². The molecule has 8 nitrogen and oxygen atoms in total. The van der Waals surface area contributed by atoms with E-state index in [2.05, 4.69) is 5.32 Å². The summed E-state index contributed by atoms with van der Waals surface area (Å²) in [6.07, 6.45) is 4.07. The third-order valence-electron chi connectivity index (χ3n) is 6.51. The Labute approximate surface area is 200 Å². The summed E-state index contributed by atoms with van der Waals surface area (Å²) in [5.41, 5.74) is 2.19. The number of hydrogen-bond acceptors (Lipinski definition) is 5. The number of amides is 2. The van der Waals surface area contributed by atoms with Crippen LogP contribution in [0.1, 0.15) is 43.7 Å². The van der Waals surface area contributed by atoms with Crippen molar-refractivity contribution in [1.29, 1.82) is 0 Å². The fourth-order valence-corrected chi connectivity index (χ4v) is 6.24. The minimum atomic E-state index is -3.62. The van der Waals surface area contributed by atoms with Crippen LogP contribution in [0.25, 0.3) is 0 Å². The molecule has 0 aromatic heterocycles. The smallest absolute Gasteiger partial charge is 0.243 e. The van der Waals surface area contributed by atoms with Gasteiger partial charge in [-0.2, -0.15) is 4.31 Å². The number of nitrogens with zero attached hydrogens (tertiary/aromatic N) is 2. The van der Waals surface area contributed by atoms with Crippen LogP contribution in [0, 0.1) is 0 Å². The van der Waals surface area contributed by atoms with Crippen LogP contribution in [0.5, 0.6) is 5.75 Å². The third kappa shape index (κ3) is 4.95. The summed E-state index contributed by atoms with van der Waals surface area (Å²) in [5.74, 6) is 0.195. The Kier molecular flexibility index (Phi) is 7.23. The van der Waals surface area contributed by atoms with Crippen molar-refractivity contribution < 1.29 is 22.7 Å². The monoisotopic (exact) mass is 485 g/mol. The maximum atomic E-state index is 13.2. The number of carbonyl (C=O) groups excluding carboxylic acids is 2. The van der Waals surface area contributed by atoms with E-state index >= 15 is 0 Å². The fourth-order valence-electron chi connectivity index (χ4n) is 4.67. The fraction of sp³-hybridized carbons (Fsp3) is 0.440. The molecule has 2 aromatic rings. The first-order valence-electron chi connectivity index (χ1n) is 11.6. The lowest BCUT2D eigenvalue weighted by molar-refractivity contribution is -0.125. The van der Waals surface area contributed by atoms with Crippen LogP contribution in [0.3, 0.4) is 0 Å². The van der Waals surface area contributed by atoms with E-state index < -0.39 is 16.1 Å². The topological polar surface area (TPSA) is 96.0 Å². The summed E-state index contributed by atoms with van der Waals surface area (Å²) in [6.45, 7) is 2.78. The molecular weight excluding hydrogens is 454 g/mol. The molecule has 9 heteroatoms. The predicted molar refractivity (Wildman–Crippen MR) is 129 cm³/mol. The third-order valence-corrected chi connectivity index (χ3v) is 8.40. The van der Waals surface area contributed by atoms with E-state index in [1.54, 1.807) is 29.6 Å². The van der Waals surface area contributed by atoms with Gasteiger partial charge in [0.25, 0.3) is 0 Å². The maximum Gasteiger partial charge on any atom is 0.243 e. The van der Waals surface area contributed by atoms with Crippen molar-refractivity contribution in [3.05, 3.63) is 53.6 Å². The van der Waals surface area contributed by atoms with E-state index in [0.29, 0.717) is 30.9 Å². The molecule has 0 saturated carbocycles. The minimum Gasteiger partial charge on any atom is -0.497 e. The lowest BCUT2D eigenvalue weighted by atomic mass is 10.1. The van der Waals surface area contributed by atoms with Crippen molar-refractivity contribution in [2.24, 2.45) is 0 Å². The minimum absolute atomic E-state index is 0.218. The lowest BCUT2D eigenvalue weighted by Crippen LogP contribution is -2.47. The Morgan fingerprint density at radius 1 is 1.03 bits per heavy atom. The van der Waals surface area contributed by atoms with Gasteiger partial charge in [0.05, 0.1) is 12.0 Å². The van der Waals surface area contributed by atoms with Crippen LogP contribution in [0.4, 0.5) is 5.69 Å². The highest BCUT2D eigenvalue weighted by atomic mass is 32.2. The summed E-state index contributed by atoms with van der Waals surface area (Å²) in [4.78, 5) is 27.2. The number of hydrogen-bond donors (Lipinski definition) is 1. The summed E-state index contributed by atoms with van der Waals surface area (Å²) in [6, 6.07) is 11.5. The molecule has 34 heavy (non-hydrogen) atoms. The number of benzene rings is 2. The average molecular weight is 486 g/mol. The molecule has 0 radical (unpaired) electrons. The van der Waals surface area contributed by atoms with Gasteiger partial charge in [0.15, 0.2) is 0 Å². The maximum absolute atomic E-state index is 13.2. The zero-order valence-corrected chi connectivity index (χ0v) is 20.4. The second kappa shape index (κ2) is 10.1. The first-order valence-corrected chi connectivity index (χ1v) is 13.1. The van der Waals surface area contributed by atoms with Crippen molar-refractivity contribution in [3.63, 3.8) is 0 Å². The van der Waals surface area contributed by atoms with E-state index in [4.69, 9.17) is 4.74 Å². The molecule has 1 saturated heterocycles. The van der Waals surface area contributed by atoms with Crippen LogP contribution in [-0.2, 0) is 32.6 Å². The molecule has 4 rings (SSSR count). The molecule has 2 amide bonds. The van der Waals surface area contributed by atoms with Crippen molar-refractivity contribution in [3.8, 4) is 5.75 Å². The number of anilines is 1. The van der Waals surface area contributed by atoms with E-state index in [1.807, 2.05) is 24.3 Å². The van der Waals surface area contributed by atoms with E-state index in [0.717, 1.165) is 37.0 Å². The van der Waals surface area contributed by atoms with Crippen molar-refractivity contribution >= 4 is 27.5 Å². The number of ether oxygens (including phenoxy) is 1. The Bertz CT molecular complexity index is 1160. The normalized spacial score (nSPS) is 18.8. The SMILES string of the molecule is COc1ccc(CNC(=O)[C@H]2Cc3cc(S(=O)(=O)N4CCCCCC4)ccc3N2C(C)=O)cc1. The zero-order chi connectivity index (χ0) is 24.3. The number of methoxy groups -OCH3 is 1. The molecule has 1 fully saturated rings. The van der Waals surface area contributed by atoms with Crippen molar-refractivity contribution in [2.45, 2.75) is 56.5 Å². The van der Waals surface area contributed by atoms with Gasteiger partial charge in [-0.1, -0.05) is 25.0 Å². The standard InChI is InChI=1S/C25H31N3O5S/c1-18(29)28-23-12-11-22(34(31,32)27-13-5-3-4-6-14-27)15-20(23)16-24(28)25(30)26-17-19-7-9-21(33-2)10-8-19/h7-12,15,24H,3-6,13-14,16-17H2,1-2H3,(H,26,30)/t24-/m1/s1. The first-order chi connectivity index (χ1) is 16.3. The van der Waals surface area contributed by atoms with Crippen LogP contribution in [-0.4, -0.2) is 50.8 Å². The quantitative estimate of drug-likeness (QED) is 0.679. The van der Waals surface area contributed by atoms with Gasteiger partial charge in [-0.05, 0) is 54.3 Å². The Balaban J connectivity index is 1.52. The van der Waals surface area contributed by atoms with Crippen molar-refractivity contribution in [1.82, 2.24) is 9.62 Å². The van der Waals surface area contributed by atoms with Crippen LogP contribution >= 0.6 is 0 Å². The Hall–Kier alpha value is -2.91. The first kappa shape index (κ1) is 24.2. The number of rotatable bonds is 6. The lowest BCUT2D eigenvalue weighted by Gasteiger charge is -2.24. The molecule has 1 N–H and O–H groups in total. The molecule has 2 aromatic carbocycles. The van der Waals surface area contributed by atoms with E-state index in [1.165, 1.54) is 11.8 Å². The molecule has 1 atom stereocenters. The molecule has 0 aliphatic carbocycles. The molecule has 2 aliphatic heterocycles. The molecule has 2 heterocycles. The highest BCUT2D eigenvalue weighted by Gasteiger charge is 2.38. The molecule has 0 unspecified atom stereocenters. The second-order valence-corrected chi connectivity index (χ2v) is 10.7. The van der Waals surface area contributed by atoms with Crippen LogP contribution in [0.15, 0.2) is 47.4 Å². The zero-order valence-electron chi connectivity index (χ0n) is 19.6. The van der Waals surface area contributed by atoms with Gasteiger partial charge in [0.2, 0.25) is 21.8 Å². The summed E-state index contributed by atoms with van der Waals surface area (Å²) < 4.78 is 33.2. The van der Waals surface area contributed by atoms with Gasteiger partial charge in [-0.3, -0.25) is 14.5 Å².